The molecule has 0 saturated carbocycles. The number of benzene rings is 1. The highest BCUT2D eigenvalue weighted by Crippen LogP contribution is 2.15. The summed E-state index contributed by atoms with van der Waals surface area (Å²) in [4.78, 5) is 3.23. The highest BCUT2D eigenvalue weighted by Gasteiger charge is 2.07. The minimum atomic E-state index is -1.22. The van der Waals surface area contributed by atoms with Crippen molar-refractivity contribution in [2.75, 3.05) is 0 Å². The molecule has 2 aromatic rings. The van der Waals surface area contributed by atoms with Crippen molar-refractivity contribution in [3.63, 3.8) is 0 Å². The van der Waals surface area contributed by atoms with Crippen LogP contribution in [0.5, 0.6) is 0 Å². The Kier molecular flexibility index (Phi) is 4.13. The van der Waals surface area contributed by atoms with E-state index in [9.17, 15) is 8.78 Å². The van der Waals surface area contributed by atoms with Gasteiger partial charge in [-0.15, -0.1) is 0 Å². The van der Waals surface area contributed by atoms with Crippen LogP contribution in [0.15, 0.2) is 30.3 Å². The number of hydrogen-bond acceptors (Lipinski definition) is 1. The zero-order valence-electron chi connectivity index (χ0n) is 10.2. The van der Waals surface area contributed by atoms with E-state index in [1.165, 1.54) is 5.56 Å². The Hall–Kier alpha value is -1.92. The molecular weight excluding hydrogens is 268 g/mol. The number of aryl methyl sites for hydroxylation is 1. The maximum atomic E-state index is 13.0. The minimum Gasteiger partial charge on any atom is -0.204 e. The fraction of sp³-hybridized carbons (Fsp3) is 0.133. The van der Waals surface area contributed by atoms with E-state index in [1.54, 1.807) is 0 Å². The van der Waals surface area contributed by atoms with Gasteiger partial charge in [-0.3, -0.25) is 0 Å². The average molecular weight is 278 g/mol. The zero-order valence-corrected chi connectivity index (χ0v) is 10.9. The first-order valence-corrected chi connectivity index (χ1v) is 6.10. The molecular formula is C15H10ClF2N. The Bertz CT molecular complexity index is 654. The number of pyridine rings is 1. The van der Waals surface area contributed by atoms with Gasteiger partial charge in [-0.1, -0.05) is 42.5 Å². The monoisotopic (exact) mass is 277 g/mol. The van der Waals surface area contributed by atoms with Gasteiger partial charge in [0.05, 0.1) is 5.56 Å². The Morgan fingerprint density at radius 3 is 2.47 bits per heavy atom. The summed E-state index contributed by atoms with van der Waals surface area (Å²) in [5, 5.41) is -0.142. The van der Waals surface area contributed by atoms with Crippen molar-refractivity contribution in [3.05, 3.63) is 63.9 Å². The predicted octanol–water partition coefficient (Wildman–Crippen LogP) is 3.98. The lowest BCUT2D eigenvalue weighted by atomic mass is 10.1. The first kappa shape index (κ1) is 13.5. The van der Waals surface area contributed by atoms with E-state index in [-0.39, 0.29) is 10.7 Å². The SMILES string of the molecule is CCc1ccc(C#Cc2cc(F)c(F)nc2Cl)cc1. The first-order valence-electron chi connectivity index (χ1n) is 5.72. The maximum Gasteiger partial charge on any atom is 0.250 e. The van der Waals surface area contributed by atoms with E-state index in [1.807, 2.05) is 24.3 Å². The normalized spacial score (nSPS) is 9.89. The zero-order chi connectivity index (χ0) is 13.8. The Morgan fingerprint density at radius 1 is 1.16 bits per heavy atom. The number of rotatable bonds is 1. The standard InChI is InChI=1S/C15H10ClF2N/c1-2-10-3-5-11(6-4-10)7-8-12-9-13(17)15(18)19-14(12)16/h3-6,9H,2H2,1H3. The summed E-state index contributed by atoms with van der Waals surface area (Å²) in [5.74, 6) is 3.24. The van der Waals surface area contributed by atoms with Crippen LogP contribution in [0.25, 0.3) is 0 Å². The number of hydrogen-bond donors (Lipinski definition) is 0. The molecule has 0 radical (unpaired) electrons. The summed E-state index contributed by atoms with van der Waals surface area (Å²) in [7, 11) is 0. The van der Waals surface area contributed by atoms with Crippen LogP contribution < -0.4 is 0 Å². The van der Waals surface area contributed by atoms with Crippen molar-refractivity contribution in [2.45, 2.75) is 13.3 Å². The number of nitrogens with zero attached hydrogens (tertiary/aromatic N) is 1. The third-order valence-corrected chi connectivity index (χ3v) is 2.88. The predicted molar refractivity (Wildman–Crippen MR) is 71.0 cm³/mol. The van der Waals surface area contributed by atoms with Gasteiger partial charge in [0.15, 0.2) is 5.82 Å². The van der Waals surface area contributed by atoms with Crippen molar-refractivity contribution in [2.24, 2.45) is 0 Å². The first-order chi connectivity index (χ1) is 9.10. The van der Waals surface area contributed by atoms with E-state index < -0.39 is 11.8 Å². The van der Waals surface area contributed by atoms with Crippen LogP contribution in [0.3, 0.4) is 0 Å². The largest absolute Gasteiger partial charge is 0.250 e. The van der Waals surface area contributed by atoms with Crippen molar-refractivity contribution in [3.8, 4) is 11.8 Å². The van der Waals surface area contributed by atoms with Gasteiger partial charge in [-0.05, 0) is 30.2 Å². The van der Waals surface area contributed by atoms with E-state index in [0.29, 0.717) is 0 Å². The summed E-state index contributed by atoms with van der Waals surface area (Å²) in [5.41, 5.74) is 2.15. The second-order valence-electron chi connectivity index (χ2n) is 3.90. The molecule has 0 aliphatic carbocycles. The van der Waals surface area contributed by atoms with E-state index in [2.05, 4.69) is 23.7 Å². The fourth-order valence-electron chi connectivity index (χ4n) is 1.50. The summed E-state index contributed by atoms with van der Waals surface area (Å²) in [6, 6.07) is 8.61. The topological polar surface area (TPSA) is 12.9 Å². The molecule has 1 aromatic carbocycles. The molecule has 0 atom stereocenters. The number of halogens is 3. The summed E-state index contributed by atoms with van der Waals surface area (Å²) in [6.45, 7) is 2.06. The maximum absolute atomic E-state index is 13.0. The van der Waals surface area contributed by atoms with Crippen molar-refractivity contribution in [1.29, 1.82) is 0 Å². The van der Waals surface area contributed by atoms with Crippen LogP contribution in [0.4, 0.5) is 8.78 Å². The molecule has 2 rings (SSSR count). The molecule has 0 saturated heterocycles. The van der Waals surface area contributed by atoms with Crippen LogP contribution >= 0.6 is 11.6 Å². The molecule has 1 aromatic heterocycles. The summed E-state index contributed by atoms with van der Waals surface area (Å²) in [6.07, 6.45) is 0.951. The summed E-state index contributed by atoms with van der Waals surface area (Å²) < 4.78 is 25.8. The molecule has 0 fully saturated rings. The average Bonchev–Trinajstić information content (AvgIpc) is 2.42. The Balaban J connectivity index is 2.30. The molecule has 0 aliphatic heterocycles. The van der Waals surface area contributed by atoms with Gasteiger partial charge in [-0.25, -0.2) is 9.37 Å². The highest BCUT2D eigenvalue weighted by molar-refractivity contribution is 6.30. The highest BCUT2D eigenvalue weighted by atomic mass is 35.5. The molecule has 4 heteroatoms. The van der Waals surface area contributed by atoms with Gasteiger partial charge in [-0.2, -0.15) is 4.39 Å². The summed E-state index contributed by atoms with van der Waals surface area (Å²) >= 11 is 5.70. The van der Waals surface area contributed by atoms with Crippen LogP contribution in [-0.2, 0) is 6.42 Å². The van der Waals surface area contributed by atoms with Crippen LogP contribution in [0.1, 0.15) is 23.6 Å². The molecule has 0 spiro atoms. The molecule has 0 amide bonds. The van der Waals surface area contributed by atoms with Crippen molar-refractivity contribution < 1.29 is 8.78 Å². The molecule has 0 N–H and O–H groups in total. The van der Waals surface area contributed by atoms with Gasteiger partial charge in [0, 0.05) is 5.56 Å². The van der Waals surface area contributed by atoms with Gasteiger partial charge in [0.2, 0.25) is 5.95 Å². The lowest BCUT2D eigenvalue weighted by Gasteiger charge is -1.97. The van der Waals surface area contributed by atoms with Crippen LogP contribution in [-0.4, -0.2) is 4.98 Å². The van der Waals surface area contributed by atoms with E-state index >= 15 is 0 Å². The van der Waals surface area contributed by atoms with Gasteiger partial charge in [0.1, 0.15) is 5.15 Å². The van der Waals surface area contributed by atoms with Gasteiger partial charge < -0.3 is 0 Å². The van der Waals surface area contributed by atoms with Crippen molar-refractivity contribution >= 4 is 11.6 Å². The molecule has 1 heterocycles. The fourth-order valence-corrected chi connectivity index (χ4v) is 1.67. The number of aromatic nitrogens is 1. The van der Waals surface area contributed by atoms with Gasteiger partial charge in [0.25, 0.3) is 0 Å². The third-order valence-electron chi connectivity index (χ3n) is 2.59. The molecule has 19 heavy (non-hydrogen) atoms. The molecule has 0 bridgehead atoms. The van der Waals surface area contributed by atoms with Crippen LogP contribution in [0, 0.1) is 23.6 Å². The Labute approximate surface area is 115 Å². The molecule has 96 valence electrons. The lowest BCUT2D eigenvalue weighted by Crippen LogP contribution is -1.93. The second kappa shape index (κ2) is 5.81. The van der Waals surface area contributed by atoms with E-state index in [0.717, 1.165) is 18.1 Å². The smallest absolute Gasteiger partial charge is 0.204 e. The quantitative estimate of drug-likeness (QED) is 0.568. The Morgan fingerprint density at radius 2 is 1.84 bits per heavy atom. The third kappa shape index (κ3) is 3.30. The van der Waals surface area contributed by atoms with E-state index in [4.69, 9.17) is 11.6 Å². The van der Waals surface area contributed by atoms with Crippen molar-refractivity contribution in [1.82, 2.24) is 4.98 Å². The molecule has 1 nitrogen and oxygen atoms in total. The lowest BCUT2D eigenvalue weighted by molar-refractivity contribution is 0.479. The van der Waals surface area contributed by atoms with Gasteiger partial charge >= 0.3 is 0 Å². The second-order valence-corrected chi connectivity index (χ2v) is 4.26. The van der Waals surface area contributed by atoms with Crippen LogP contribution in [0.2, 0.25) is 5.15 Å². The minimum absolute atomic E-state index is 0.142. The molecule has 0 unspecified atom stereocenters. The molecule has 0 aliphatic rings.